The number of amides is 1. The molecule has 1 aliphatic heterocycles. The van der Waals surface area contributed by atoms with E-state index < -0.39 is 39.8 Å². The van der Waals surface area contributed by atoms with Crippen LogP contribution in [0.3, 0.4) is 0 Å². The van der Waals surface area contributed by atoms with Crippen LogP contribution in [-0.2, 0) is 14.8 Å². The van der Waals surface area contributed by atoms with Crippen LogP contribution in [0.25, 0.3) is 0 Å². The number of halogens is 1. The van der Waals surface area contributed by atoms with Gasteiger partial charge in [-0.2, -0.15) is 4.31 Å². The second kappa shape index (κ2) is 10.7. The van der Waals surface area contributed by atoms with E-state index in [-0.39, 0.29) is 11.7 Å². The average molecular weight is 504 g/mol. The minimum Gasteiger partial charge on any atom is -0.376 e. The van der Waals surface area contributed by atoms with Crippen LogP contribution in [0.1, 0.15) is 49.3 Å². The first-order chi connectivity index (χ1) is 16.7. The van der Waals surface area contributed by atoms with Crippen LogP contribution in [0.5, 0.6) is 0 Å². The molecule has 0 aromatic heterocycles. The summed E-state index contributed by atoms with van der Waals surface area (Å²) in [6, 6.07) is 12.1. The molecule has 0 spiro atoms. The van der Waals surface area contributed by atoms with Crippen molar-refractivity contribution >= 4 is 21.6 Å². The Bertz CT molecular complexity index is 1150. The SMILES string of the molecule is Cc1ccccc1[C@H](C(O)N(C)C1CCCCC1)N(C(=O)CS(=O)(=O)N1CC1)c1cccc(F)c1. The molecule has 2 aromatic carbocycles. The molecular weight excluding hydrogens is 469 g/mol. The van der Waals surface area contributed by atoms with E-state index in [0.717, 1.165) is 37.7 Å². The molecule has 4 rings (SSSR count). The largest absolute Gasteiger partial charge is 0.376 e. The van der Waals surface area contributed by atoms with Crippen LogP contribution in [0, 0.1) is 12.7 Å². The standard InChI is InChI=1S/C26H34FN3O4S/c1-19-9-6-7-14-23(19)25(26(32)28(2)21-11-4-3-5-12-21)30(22-13-8-10-20(27)17-22)24(31)18-35(33,34)29-15-16-29/h6-10,13-14,17,21,25-26,32H,3-5,11-12,15-16,18H2,1-2H3/t25-,26?/m1/s1. The topological polar surface area (TPSA) is 80.9 Å². The number of carbonyl (C=O) groups is 1. The zero-order chi connectivity index (χ0) is 25.2. The van der Waals surface area contributed by atoms with Crippen LogP contribution in [0.4, 0.5) is 10.1 Å². The summed E-state index contributed by atoms with van der Waals surface area (Å²) < 4.78 is 41.0. The highest BCUT2D eigenvalue weighted by Gasteiger charge is 2.41. The second-order valence-electron chi connectivity index (χ2n) is 9.57. The van der Waals surface area contributed by atoms with E-state index in [0.29, 0.717) is 18.7 Å². The number of hydrogen-bond acceptors (Lipinski definition) is 5. The Morgan fingerprint density at radius 2 is 1.80 bits per heavy atom. The summed E-state index contributed by atoms with van der Waals surface area (Å²) in [5.41, 5.74) is 1.74. The number of aliphatic hydroxyl groups excluding tert-OH is 1. The molecule has 7 nitrogen and oxygen atoms in total. The first-order valence-corrected chi connectivity index (χ1v) is 13.8. The van der Waals surface area contributed by atoms with Crippen molar-refractivity contribution < 1.29 is 22.7 Å². The van der Waals surface area contributed by atoms with E-state index in [1.807, 2.05) is 43.1 Å². The minimum absolute atomic E-state index is 0.135. The highest BCUT2D eigenvalue weighted by Crippen LogP contribution is 2.36. The maximum atomic E-state index is 14.3. The maximum Gasteiger partial charge on any atom is 0.244 e. The molecule has 2 aliphatic rings. The van der Waals surface area contributed by atoms with Gasteiger partial charge in [0.15, 0.2) is 0 Å². The average Bonchev–Trinajstić information content (AvgIpc) is 3.69. The molecule has 1 saturated carbocycles. The first-order valence-electron chi connectivity index (χ1n) is 12.2. The highest BCUT2D eigenvalue weighted by molar-refractivity contribution is 7.90. The van der Waals surface area contributed by atoms with Crippen molar-refractivity contribution in [3.8, 4) is 0 Å². The Morgan fingerprint density at radius 1 is 1.11 bits per heavy atom. The summed E-state index contributed by atoms with van der Waals surface area (Å²) in [6.45, 7) is 2.67. The van der Waals surface area contributed by atoms with Crippen molar-refractivity contribution in [3.63, 3.8) is 0 Å². The fourth-order valence-electron chi connectivity index (χ4n) is 5.00. The molecule has 1 N–H and O–H groups in total. The third-order valence-corrected chi connectivity index (χ3v) is 8.86. The highest BCUT2D eigenvalue weighted by atomic mass is 32.2. The lowest BCUT2D eigenvalue weighted by Crippen LogP contribution is -2.52. The smallest absolute Gasteiger partial charge is 0.244 e. The molecule has 2 fully saturated rings. The van der Waals surface area contributed by atoms with Crippen molar-refractivity contribution in [2.45, 2.75) is 57.3 Å². The van der Waals surface area contributed by atoms with Gasteiger partial charge in [0, 0.05) is 24.8 Å². The van der Waals surface area contributed by atoms with Crippen molar-refractivity contribution in [1.82, 2.24) is 9.21 Å². The fraction of sp³-hybridized carbons (Fsp3) is 0.500. The minimum atomic E-state index is -3.79. The maximum absolute atomic E-state index is 14.3. The van der Waals surface area contributed by atoms with Crippen molar-refractivity contribution in [2.75, 3.05) is 30.8 Å². The van der Waals surface area contributed by atoms with Gasteiger partial charge in [-0.25, -0.2) is 12.8 Å². The van der Waals surface area contributed by atoms with E-state index in [2.05, 4.69) is 0 Å². The summed E-state index contributed by atoms with van der Waals surface area (Å²) in [5, 5.41) is 11.8. The fourth-order valence-corrected chi connectivity index (χ4v) is 6.27. The molecule has 190 valence electrons. The lowest BCUT2D eigenvalue weighted by atomic mass is 9.92. The van der Waals surface area contributed by atoms with Crippen LogP contribution < -0.4 is 4.90 Å². The predicted octanol–water partition coefficient (Wildman–Crippen LogP) is 3.44. The molecular formula is C26H34FN3O4S. The summed E-state index contributed by atoms with van der Waals surface area (Å²) >= 11 is 0. The van der Waals surface area contributed by atoms with Gasteiger partial charge in [0.25, 0.3) is 0 Å². The Labute approximate surface area is 207 Å². The molecule has 1 aliphatic carbocycles. The molecule has 1 heterocycles. The summed E-state index contributed by atoms with van der Waals surface area (Å²) in [4.78, 5) is 16.9. The molecule has 1 saturated heterocycles. The van der Waals surface area contributed by atoms with Gasteiger partial charge in [-0.1, -0.05) is 49.6 Å². The zero-order valence-electron chi connectivity index (χ0n) is 20.3. The van der Waals surface area contributed by atoms with Crippen LogP contribution in [-0.4, -0.2) is 66.8 Å². The summed E-state index contributed by atoms with van der Waals surface area (Å²) in [6.07, 6.45) is 4.03. The number of sulfonamides is 1. The Balaban J connectivity index is 1.80. The van der Waals surface area contributed by atoms with Gasteiger partial charge in [0.2, 0.25) is 15.9 Å². The predicted molar refractivity (Wildman–Crippen MR) is 134 cm³/mol. The van der Waals surface area contributed by atoms with Crippen LogP contribution in [0.2, 0.25) is 0 Å². The molecule has 9 heteroatoms. The second-order valence-corrected chi connectivity index (χ2v) is 11.5. The monoisotopic (exact) mass is 503 g/mol. The van der Waals surface area contributed by atoms with Crippen LogP contribution >= 0.6 is 0 Å². The quantitative estimate of drug-likeness (QED) is 0.419. The van der Waals surface area contributed by atoms with Crippen molar-refractivity contribution in [1.29, 1.82) is 0 Å². The zero-order valence-corrected chi connectivity index (χ0v) is 21.1. The van der Waals surface area contributed by atoms with Crippen molar-refractivity contribution in [2.24, 2.45) is 0 Å². The van der Waals surface area contributed by atoms with E-state index in [1.54, 1.807) is 6.07 Å². The number of rotatable bonds is 9. The van der Waals surface area contributed by atoms with Crippen LogP contribution in [0.15, 0.2) is 48.5 Å². The van der Waals surface area contributed by atoms with E-state index in [4.69, 9.17) is 0 Å². The number of aryl methyl sites for hydroxylation is 1. The van der Waals surface area contributed by atoms with Gasteiger partial charge in [-0.3, -0.25) is 14.6 Å². The van der Waals surface area contributed by atoms with Gasteiger partial charge in [-0.15, -0.1) is 0 Å². The molecule has 2 atom stereocenters. The van der Waals surface area contributed by atoms with E-state index in [9.17, 15) is 22.7 Å². The van der Waals surface area contributed by atoms with Gasteiger partial charge in [0.1, 0.15) is 23.8 Å². The normalized spacial score (nSPS) is 18.9. The molecule has 35 heavy (non-hydrogen) atoms. The van der Waals surface area contributed by atoms with Gasteiger partial charge < -0.3 is 5.11 Å². The molecule has 1 unspecified atom stereocenters. The van der Waals surface area contributed by atoms with E-state index in [1.165, 1.54) is 27.4 Å². The lowest BCUT2D eigenvalue weighted by Gasteiger charge is -2.42. The molecule has 0 bridgehead atoms. The van der Waals surface area contributed by atoms with Gasteiger partial charge in [0.05, 0.1) is 0 Å². The number of anilines is 1. The molecule has 1 amide bonds. The number of benzene rings is 2. The van der Waals surface area contributed by atoms with Gasteiger partial charge >= 0.3 is 0 Å². The number of aliphatic hydroxyl groups is 1. The molecule has 2 aromatic rings. The third-order valence-electron chi connectivity index (χ3n) is 7.10. The van der Waals surface area contributed by atoms with E-state index >= 15 is 0 Å². The Hall–Kier alpha value is -2.33. The Kier molecular flexibility index (Phi) is 7.90. The lowest BCUT2D eigenvalue weighted by molar-refractivity contribution is -0.118. The Morgan fingerprint density at radius 3 is 2.43 bits per heavy atom. The number of nitrogens with zero attached hydrogens (tertiary/aromatic N) is 3. The molecule has 0 radical (unpaired) electrons. The number of hydrogen-bond donors (Lipinski definition) is 1. The number of carbonyl (C=O) groups excluding carboxylic acids is 1. The first kappa shape index (κ1) is 25.8. The summed E-state index contributed by atoms with van der Waals surface area (Å²) in [5.74, 6) is -1.99. The van der Waals surface area contributed by atoms with Gasteiger partial charge in [-0.05, 0) is 56.1 Å². The third kappa shape index (κ3) is 5.91. The summed E-state index contributed by atoms with van der Waals surface area (Å²) in [7, 11) is -1.95. The van der Waals surface area contributed by atoms with Crippen molar-refractivity contribution in [3.05, 3.63) is 65.5 Å². The number of likely N-dealkylation sites (N-methyl/N-ethyl adjacent to an activating group) is 1.